The lowest BCUT2D eigenvalue weighted by Gasteiger charge is -2.36. The van der Waals surface area contributed by atoms with Gasteiger partial charge in [0.25, 0.3) is 5.69 Å². The molecule has 1 amide bonds. The second kappa shape index (κ2) is 8.35. The van der Waals surface area contributed by atoms with Gasteiger partial charge in [0.2, 0.25) is 11.8 Å². The molecule has 1 aliphatic heterocycles. The highest BCUT2D eigenvalue weighted by Crippen LogP contribution is 2.37. The Balaban J connectivity index is 1.88. The van der Waals surface area contributed by atoms with Crippen LogP contribution in [0.15, 0.2) is 36.5 Å². The minimum Gasteiger partial charge on any atom is -0.478 e. The van der Waals surface area contributed by atoms with E-state index in [1.165, 1.54) is 12.1 Å². The van der Waals surface area contributed by atoms with Crippen molar-refractivity contribution in [3.8, 4) is 5.88 Å². The molecule has 2 aromatic rings. The number of aromatic nitrogens is 1. The first-order valence-corrected chi connectivity index (χ1v) is 9.20. The third-order valence-electron chi connectivity index (χ3n) is 4.98. The molecule has 1 aliphatic rings. The number of amides is 1. The van der Waals surface area contributed by atoms with Crippen LogP contribution in [-0.2, 0) is 14.9 Å². The normalized spacial score (nSPS) is 15.6. The Morgan fingerprint density at radius 2 is 2.00 bits per heavy atom. The number of carbonyl (C=O) groups is 1. The first kappa shape index (κ1) is 19.8. The second-order valence-corrected chi connectivity index (χ2v) is 6.73. The molecular weight excluding hydrogens is 362 g/mol. The van der Waals surface area contributed by atoms with Crippen LogP contribution in [0, 0.1) is 17.0 Å². The first-order chi connectivity index (χ1) is 13.5. The summed E-state index contributed by atoms with van der Waals surface area (Å²) in [5.41, 5.74) is 1.35. The van der Waals surface area contributed by atoms with Crippen molar-refractivity contribution in [1.29, 1.82) is 0 Å². The van der Waals surface area contributed by atoms with E-state index in [-0.39, 0.29) is 11.6 Å². The molecule has 1 saturated heterocycles. The number of non-ortho nitro benzene ring substituents is 1. The fourth-order valence-corrected chi connectivity index (χ4v) is 3.44. The highest BCUT2D eigenvalue weighted by molar-refractivity contribution is 5.99. The summed E-state index contributed by atoms with van der Waals surface area (Å²) in [4.78, 5) is 28.0. The predicted molar refractivity (Wildman–Crippen MR) is 104 cm³/mol. The van der Waals surface area contributed by atoms with E-state index in [1.807, 2.05) is 19.9 Å². The van der Waals surface area contributed by atoms with Gasteiger partial charge in [0.1, 0.15) is 0 Å². The van der Waals surface area contributed by atoms with Crippen molar-refractivity contribution >= 4 is 17.3 Å². The molecule has 8 heteroatoms. The van der Waals surface area contributed by atoms with Crippen molar-refractivity contribution in [2.45, 2.75) is 32.1 Å². The molecule has 0 aliphatic carbocycles. The molecule has 8 nitrogen and oxygen atoms in total. The topological polar surface area (TPSA) is 104 Å². The van der Waals surface area contributed by atoms with Gasteiger partial charge >= 0.3 is 0 Å². The Labute approximate surface area is 163 Å². The van der Waals surface area contributed by atoms with Crippen molar-refractivity contribution < 1.29 is 19.2 Å². The number of hydrogen-bond acceptors (Lipinski definition) is 6. The number of anilines is 1. The molecule has 1 aromatic carbocycles. The van der Waals surface area contributed by atoms with Gasteiger partial charge in [-0.15, -0.1) is 0 Å². The average molecular weight is 385 g/mol. The van der Waals surface area contributed by atoms with Gasteiger partial charge in [0, 0.05) is 30.9 Å². The van der Waals surface area contributed by atoms with E-state index >= 15 is 0 Å². The van der Waals surface area contributed by atoms with Crippen molar-refractivity contribution in [3.05, 3.63) is 57.8 Å². The van der Waals surface area contributed by atoms with Crippen LogP contribution in [0.1, 0.15) is 30.9 Å². The average Bonchev–Trinajstić information content (AvgIpc) is 2.70. The zero-order chi connectivity index (χ0) is 20.1. The quantitative estimate of drug-likeness (QED) is 0.604. The van der Waals surface area contributed by atoms with Crippen LogP contribution < -0.4 is 10.1 Å². The number of hydrogen-bond donors (Lipinski definition) is 1. The highest BCUT2D eigenvalue weighted by Gasteiger charge is 2.42. The van der Waals surface area contributed by atoms with Gasteiger partial charge in [0.05, 0.1) is 28.8 Å². The summed E-state index contributed by atoms with van der Waals surface area (Å²) in [7, 11) is 0. The number of carbonyl (C=O) groups excluding carboxylic acids is 1. The minimum absolute atomic E-state index is 0.00212. The summed E-state index contributed by atoms with van der Waals surface area (Å²) in [6.45, 7) is 5.17. The van der Waals surface area contributed by atoms with E-state index in [4.69, 9.17) is 9.47 Å². The van der Waals surface area contributed by atoms with Gasteiger partial charge in [-0.3, -0.25) is 14.9 Å². The lowest BCUT2D eigenvalue weighted by molar-refractivity contribution is -0.384. The van der Waals surface area contributed by atoms with Gasteiger partial charge in [-0.25, -0.2) is 4.98 Å². The Kier molecular flexibility index (Phi) is 5.89. The number of aryl methyl sites for hydroxylation is 1. The Morgan fingerprint density at radius 1 is 1.32 bits per heavy atom. The van der Waals surface area contributed by atoms with Gasteiger partial charge in [-0.05, 0) is 38.3 Å². The molecule has 0 bridgehead atoms. The van der Waals surface area contributed by atoms with Gasteiger partial charge in [0.15, 0.2) is 0 Å². The molecule has 0 radical (unpaired) electrons. The summed E-state index contributed by atoms with van der Waals surface area (Å²) in [5, 5.41) is 13.9. The number of nitrogens with zero attached hydrogens (tertiary/aromatic N) is 2. The molecular formula is C20H23N3O5. The monoisotopic (exact) mass is 385 g/mol. The molecule has 148 valence electrons. The SMILES string of the molecule is CCOc1ncc(NC(=O)C2(c3ccc([N+](=O)[O-])cc3)CCOCC2)cc1C. The number of rotatable bonds is 6. The van der Waals surface area contributed by atoms with E-state index < -0.39 is 10.3 Å². The molecule has 1 N–H and O–H groups in total. The number of pyridine rings is 1. The number of nitro benzene ring substituents is 1. The van der Waals surface area contributed by atoms with Gasteiger partial charge < -0.3 is 14.8 Å². The van der Waals surface area contributed by atoms with Crippen molar-refractivity contribution in [3.63, 3.8) is 0 Å². The van der Waals surface area contributed by atoms with Crippen molar-refractivity contribution in [2.24, 2.45) is 0 Å². The predicted octanol–water partition coefficient (Wildman–Crippen LogP) is 3.38. The Hall–Kier alpha value is -3.00. The van der Waals surface area contributed by atoms with Crippen molar-refractivity contribution in [2.75, 3.05) is 25.1 Å². The number of nitrogens with one attached hydrogen (secondary N) is 1. The fourth-order valence-electron chi connectivity index (χ4n) is 3.44. The van der Waals surface area contributed by atoms with E-state index in [1.54, 1.807) is 18.3 Å². The summed E-state index contributed by atoms with van der Waals surface area (Å²) >= 11 is 0. The second-order valence-electron chi connectivity index (χ2n) is 6.73. The molecule has 1 aromatic heterocycles. The molecule has 3 rings (SSSR count). The minimum atomic E-state index is -0.806. The van der Waals surface area contributed by atoms with Crippen LogP contribution in [0.3, 0.4) is 0 Å². The van der Waals surface area contributed by atoms with E-state index in [9.17, 15) is 14.9 Å². The standard InChI is InChI=1S/C20H23N3O5/c1-3-28-18-14(2)12-16(13-21-18)22-19(24)20(8-10-27-11-9-20)15-4-6-17(7-5-15)23(25)26/h4-7,12-13H,3,8-11H2,1-2H3,(H,22,24). The van der Waals surface area contributed by atoms with Crippen LogP contribution in [0.2, 0.25) is 0 Å². The molecule has 0 spiro atoms. The van der Waals surface area contributed by atoms with Gasteiger partial charge in [-0.1, -0.05) is 12.1 Å². The smallest absolute Gasteiger partial charge is 0.269 e. The molecule has 2 heterocycles. The maximum Gasteiger partial charge on any atom is 0.269 e. The zero-order valence-corrected chi connectivity index (χ0v) is 15.9. The Morgan fingerprint density at radius 3 is 2.57 bits per heavy atom. The molecule has 0 unspecified atom stereocenters. The number of benzene rings is 1. The largest absolute Gasteiger partial charge is 0.478 e. The number of ether oxygens (including phenoxy) is 2. The third kappa shape index (κ3) is 3.96. The molecule has 0 saturated carbocycles. The van der Waals surface area contributed by atoms with Crippen LogP contribution in [0.25, 0.3) is 0 Å². The van der Waals surface area contributed by atoms with Crippen molar-refractivity contribution in [1.82, 2.24) is 4.98 Å². The van der Waals surface area contributed by atoms with Gasteiger partial charge in [-0.2, -0.15) is 0 Å². The third-order valence-corrected chi connectivity index (χ3v) is 4.98. The molecule has 28 heavy (non-hydrogen) atoms. The highest BCUT2D eigenvalue weighted by atomic mass is 16.6. The molecule has 0 atom stereocenters. The number of nitro groups is 1. The Bertz CT molecular complexity index is 861. The molecule has 1 fully saturated rings. The van der Waals surface area contributed by atoms with Crippen LogP contribution in [0.5, 0.6) is 5.88 Å². The lowest BCUT2D eigenvalue weighted by Crippen LogP contribution is -2.44. The van der Waals surface area contributed by atoms with E-state index in [0.717, 1.165) is 11.1 Å². The zero-order valence-electron chi connectivity index (χ0n) is 15.9. The maximum absolute atomic E-state index is 13.3. The van der Waals surface area contributed by atoms with Crippen LogP contribution >= 0.6 is 0 Å². The van der Waals surface area contributed by atoms with E-state index in [2.05, 4.69) is 10.3 Å². The van der Waals surface area contributed by atoms with Crippen LogP contribution in [-0.4, -0.2) is 35.6 Å². The lowest BCUT2D eigenvalue weighted by atomic mass is 9.73. The van der Waals surface area contributed by atoms with E-state index in [0.29, 0.717) is 44.2 Å². The maximum atomic E-state index is 13.3. The first-order valence-electron chi connectivity index (χ1n) is 9.20. The van der Waals surface area contributed by atoms with Crippen LogP contribution in [0.4, 0.5) is 11.4 Å². The fraction of sp³-hybridized carbons (Fsp3) is 0.400. The summed E-state index contributed by atoms with van der Waals surface area (Å²) < 4.78 is 10.9. The summed E-state index contributed by atoms with van der Waals surface area (Å²) in [5.74, 6) is 0.367. The summed E-state index contributed by atoms with van der Waals surface area (Å²) in [6.07, 6.45) is 2.57. The summed E-state index contributed by atoms with van der Waals surface area (Å²) in [6, 6.07) is 8.00.